The minimum Gasteiger partial charge on any atom is -0.493 e. The Morgan fingerprint density at radius 1 is 0.881 bits per heavy atom. The van der Waals surface area contributed by atoms with Crippen molar-refractivity contribution in [2.45, 2.75) is 45.4 Å². The summed E-state index contributed by atoms with van der Waals surface area (Å²) in [6.45, 7) is 5.50. The van der Waals surface area contributed by atoms with Crippen molar-refractivity contribution in [3.8, 4) is 23.0 Å². The Labute approximate surface area is 245 Å². The molecule has 0 amide bonds. The zero-order valence-electron chi connectivity index (χ0n) is 24.9. The molecule has 2 aliphatic rings. The molecule has 2 aromatic carbocycles. The summed E-state index contributed by atoms with van der Waals surface area (Å²) in [5.41, 5.74) is 3.08. The van der Waals surface area contributed by atoms with Crippen molar-refractivity contribution in [3.63, 3.8) is 0 Å². The molecule has 42 heavy (non-hydrogen) atoms. The average molecular weight is 580 g/mol. The number of Topliss-reactive ketones (excluding diaryl/α,β-unsaturated/α-hetero) is 1. The van der Waals surface area contributed by atoms with Crippen molar-refractivity contribution < 1.29 is 42.8 Å². The zero-order valence-corrected chi connectivity index (χ0v) is 24.9. The molecule has 4 rings (SSSR count). The summed E-state index contributed by atoms with van der Waals surface area (Å²) in [6, 6.07) is 10.7. The van der Waals surface area contributed by atoms with Crippen LogP contribution in [-0.2, 0) is 23.9 Å². The van der Waals surface area contributed by atoms with Crippen LogP contribution in [0, 0.1) is 5.92 Å². The minimum absolute atomic E-state index is 0.0403. The van der Waals surface area contributed by atoms with Gasteiger partial charge in [-0.1, -0.05) is 12.1 Å². The van der Waals surface area contributed by atoms with E-state index in [0.29, 0.717) is 52.8 Å². The highest BCUT2D eigenvalue weighted by atomic mass is 16.6. The van der Waals surface area contributed by atoms with E-state index in [-0.39, 0.29) is 37.1 Å². The summed E-state index contributed by atoms with van der Waals surface area (Å²) >= 11 is 0. The number of hydrogen-bond donors (Lipinski definition) is 0. The smallest absolute Gasteiger partial charge is 0.336 e. The third-order valence-corrected chi connectivity index (χ3v) is 7.45. The molecule has 1 saturated carbocycles. The molecular weight excluding hydrogens is 542 g/mol. The van der Waals surface area contributed by atoms with E-state index in [1.165, 1.54) is 14.0 Å². The van der Waals surface area contributed by atoms with Gasteiger partial charge < -0.3 is 28.4 Å². The number of carbonyl (C=O) groups excluding carboxylic acids is 3. The molecule has 10 heteroatoms. The second kappa shape index (κ2) is 13.7. The van der Waals surface area contributed by atoms with E-state index in [2.05, 4.69) is 0 Å². The van der Waals surface area contributed by atoms with Gasteiger partial charge in [0.25, 0.3) is 0 Å². The average Bonchev–Trinajstić information content (AvgIpc) is 2.96. The number of ether oxygens (including phenoxy) is 6. The van der Waals surface area contributed by atoms with Crippen molar-refractivity contribution in [2.75, 3.05) is 41.2 Å². The molecule has 1 aliphatic carbocycles. The molecule has 1 aliphatic heterocycles. The van der Waals surface area contributed by atoms with Crippen LogP contribution < -0.4 is 18.9 Å². The highest BCUT2D eigenvalue weighted by molar-refractivity contribution is 6.12. The number of nitrogens with zero attached hydrogens (tertiary/aromatic N) is 1. The summed E-state index contributed by atoms with van der Waals surface area (Å²) < 4.78 is 32.6. The lowest BCUT2D eigenvalue weighted by molar-refractivity contribution is -0.141. The number of carbonyl (C=O) groups is 3. The second-order valence-corrected chi connectivity index (χ2v) is 10.1. The fraction of sp³-hybridized carbons (Fsp3) is 0.438. The van der Waals surface area contributed by atoms with Gasteiger partial charge >= 0.3 is 11.9 Å². The van der Waals surface area contributed by atoms with Gasteiger partial charge in [-0.25, -0.2) is 4.79 Å². The van der Waals surface area contributed by atoms with Gasteiger partial charge in [0, 0.05) is 37.8 Å². The number of benzene rings is 2. The van der Waals surface area contributed by atoms with Crippen LogP contribution in [0.1, 0.15) is 56.6 Å². The topological polar surface area (TPSA) is 119 Å². The molecule has 0 aromatic heterocycles. The van der Waals surface area contributed by atoms with E-state index in [9.17, 15) is 14.4 Å². The Morgan fingerprint density at radius 3 is 2.24 bits per heavy atom. The first-order valence-electron chi connectivity index (χ1n) is 13.9. The lowest BCUT2D eigenvalue weighted by Crippen LogP contribution is -2.41. The van der Waals surface area contributed by atoms with E-state index in [0.717, 1.165) is 5.56 Å². The Balaban J connectivity index is 1.78. The normalized spacial score (nSPS) is 19.9. The molecular formula is C32H37NO9. The maximum absolute atomic E-state index is 14.0. The third kappa shape index (κ3) is 6.49. The third-order valence-electron chi connectivity index (χ3n) is 7.45. The van der Waals surface area contributed by atoms with Crippen LogP contribution in [0.25, 0.3) is 0 Å². The molecule has 0 radical (unpaired) electrons. The van der Waals surface area contributed by atoms with Gasteiger partial charge in [0.05, 0.1) is 38.9 Å². The summed E-state index contributed by atoms with van der Waals surface area (Å²) in [5, 5.41) is 0. The molecule has 10 nitrogen and oxygen atoms in total. The van der Waals surface area contributed by atoms with Crippen LogP contribution in [0.3, 0.4) is 0 Å². The fourth-order valence-corrected chi connectivity index (χ4v) is 5.67. The molecule has 1 fully saturated rings. The fourth-order valence-electron chi connectivity index (χ4n) is 5.67. The Bertz CT molecular complexity index is 1410. The minimum atomic E-state index is -0.677. The molecule has 224 valence electrons. The van der Waals surface area contributed by atoms with Crippen LogP contribution in [0.5, 0.6) is 23.0 Å². The van der Waals surface area contributed by atoms with Gasteiger partial charge in [0.1, 0.15) is 12.4 Å². The predicted molar refractivity (Wildman–Crippen MR) is 155 cm³/mol. The van der Waals surface area contributed by atoms with Gasteiger partial charge in [-0.15, -0.1) is 0 Å². The van der Waals surface area contributed by atoms with Crippen molar-refractivity contribution in [1.82, 2.24) is 0 Å². The predicted octanol–water partition coefficient (Wildman–Crippen LogP) is 4.79. The summed E-state index contributed by atoms with van der Waals surface area (Å²) in [5.74, 6) is -0.775. The maximum Gasteiger partial charge on any atom is 0.336 e. The maximum atomic E-state index is 14.0. The zero-order chi connectivity index (χ0) is 30.4. The Kier molecular flexibility index (Phi) is 10.0. The monoisotopic (exact) mass is 579 g/mol. The molecule has 0 bridgehead atoms. The standard InChI is InChI=1S/C32H37NO9/c1-7-40-28-17-21(9-11-26(28)42-19(3)34)30-29(32(36)41-13-12-37-4)18(2)33-23-14-22(15-24(35)31(23)30)20-8-10-25(38-5)27(16-20)39-6/h8-11,16-17,22,30-31H,7,12-15H2,1-6H3/t22-,30-,31?/m0/s1. The SMILES string of the molecule is CCOc1cc([C@H]2C(C(=O)OCCOC)=C(C)N=C3C[C@H](c4ccc(OC)c(OC)c4)CC(=O)C32)ccc1OC(C)=O. The van der Waals surface area contributed by atoms with E-state index in [4.69, 9.17) is 33.4 Å². The molecule has 0 saturated heterocycles. The van der Waals surface area contributed by atoms with Crippen LogP contribution in [-0.4, -0.2) is 64.6 Å². The van der Waals surface area contributed by atoms with Crippen molar-refractivity contribution in [1.29, 1.82) is 0 Å². The van der Waals surface area contributed by atoms with Crippen LogP contribution in [0.4, 0.5) is 0 Å². The number of esters is 2. The highest BCUT2D eigenvalue weighted by Gasteiger charge is 2.46. The Morgan fingerprint density at radius 2 is 1.57 bits per heavy atom. The second-order valence-electron chi connectivity index (χ2n) is 10.1. The van der Waals surface area contributed by atoms with Gasteiger partial charge in [0.2, 0.25) is 0 Å². The lowest BCUT2D eigenvalue weighted by Gasteiger charge is -2.38. The molecule has 2 aromatic rings. The Hall–Kier alpha value is -4.18. The van der Waals surface area contributed by atoms with Crippen LogP contribution >= 0.6 is 0 Å². The summed E-state index contributed by atoms with van der Waals surface area (Å²) in [7, 11) is 4.67. The highest BCUT2D eigenvalue weighted by Crippen LogP contribution is 2.48. The number of fused-ring (bicyclic) bond motifs is 1. The quantitative estimate of drug-likeness (QED) is 0.210. The summed E-state index contributed by atoms with van der Waals surface area (Å²) in [6.07, 6.45) is 0.778. The molecule has 1 heterocycles. The number of methoxy groups -OCH3 is 3. The van der Waals surface area contributed by atoms with Crippen LogP contribution in [0.2, 0.25) is 0 Å². The lowest BCUT2D eigenvalue weighted by atomic mass is 9.66. The van der Waals surface area contributed by atoms with Crippen molar-refractivity contribution in [2.24, 2.45) is 10.9 Å². The van der Waals surface area contributed by atoms with E-state index in [1.54, 1.807) is 39.3 Å². The van der Waals surface area contributed by atoms with Crippen molar-refractivity contribution in [3.05, 3.63) is 58.8 Å². The number of hydrogen-bond acceptors (Lipinski definition) is 10. The summed E-state index contributed by atoms with van der Waals surface area (Å²) in [4.78, 5) is 43.9. The first-order chi connectivity index (χ1) is 20.2. The van der Waals surface area contributed by atoms with Gasteiger partial charge in [0.15, 0.2) is 23.0 Å². The molecule has 0 N–H and O–H groups in total. The number of ketones is 1. The number of allylic oxidation sites excluding steroid dienone is 1. The van der Waals surface area contributed by atoms with Crippen LogP contribution in [0.15, 0.2) is 52.7 Å². The molecule has 1 unspecified atom stereocenters. The van der Waals surface area contributed by atoms with E-state index < -0.39 is 23.8 Å². The number of aliphatic imine (C=N–C) groups is 1. The number of rotatable bonds is 11. The van der Waals surface area contributed by atoms with Gasteiger partial charge in [-0.2, -0.15) is 0 Å². The first-order valence-corrected chi connectivity index (χ1v) is 13.9. The first kappa shape index (κ1) is 30.8. The van der Waals surface area contributed by atoms with Gasteiger partial charge in [-0.05, 0) is 61.6 Å². The largest absolute Gasteiger partial charge is 0.493 e. The molecule has 3 atom stereocenters. The molecule has 0 spiro atoms. The van der Waals surface area contributed by atoms with Crippen molar-refractivity contribution >= 4 is 23.4 Å². The van der Waals surface area contributed by atoms with E-state index >= 15 is 0 Å². The van der Waals surface area contributed by atoms with Gasteiger partial charge in [-0.3, -0.25) is 14.6 Å². The van der Waals surface area contributed by atoms with E-state index in [1.807, 2.05) is 25.1 Å².